The fourth-order valence-corrected chi connectivity index (χ4v) is 3.56. The highest BCUT2D eigenvalue weighted by Gasteiger charge is 2.26. The molecule has 29 heavy (non-hydrogen) atoms. The van der Waals surface area contributed by atoms with Crippen molar-refractivity contribution in [3.05, 3.63) is 60.2 Å². The molecule has 0 amide bonds. The van der Waals surface area contributed by atoms with Crippen molar-refractivity contribution in [2.24, 2.45) is 5.92 Å². The summed E-state index contributed by atoms with van der Waals surface area (Å²) in [6.45, 7) is 6.31. The number of piperidine rings is 1. The zero-order chi connectivity index (χ0) is 20.3. The van der Waals surface area contributed by atoms with Crippen LogP contribution in [0.25, 0.3) is 0 Å². The van der Waals surface area contributed by atoms with Crippen LogP contribution in [0, 0.1) is 5.92 Å². The quantitative estimate of drug-likeness (QED) is 0.442. The van der Waals surface area contributed by atoms with Crippen LogP contribution in [0.2, 0.25) is 0 Å². The third-order valence-electron chi connectivity index (χ3n) is 5.08. The van der Waals surface area contributed by atoms with Crippen LogP contribution in [0.3, 0.4) is 0 Å². The van der Waals surface area contributed by atoms with Gasteiger partial charge in [0, 0.05) is 13.1 Å². The van der Waals surface area contributed by atoms with Crippen LogP contribution >= 0.6 is 0 Å². The fraction of sp³-hybridized carbons (Fsp3) is 0.458. The van der Waals surface area contributed by atoms with E-state index >= 15 is 0 Å². The van der Waals surface area contributed by atoms with Gasteiger partial charge in [0.2, 0.25) is 0 Å². The number of nitrogens with zero attached hydrogens (tertiary/aromatic N) is 1. The number of hydrogen-bond acceptors (Lipinski definition) is 5. The molecular weight excluding hydrogens is 366 g/mol. The highest BCUT2D eigenvalue weighted by Crippen LogP contribution is 2.20. The molecule has 0 aliphatic carbocycles. The van der Waals surface area contributed by atoms with Crippen molar-refractivity contribution in [3.8, 4) is 11.5 Å². The maximum Gasteiger partial charge on any atom is 0.310 e. The van der Waals surface area contributed by atoms with Gasteiger partial charge in [-0.2, -0.15) is 0 Å². The van der Waals surface area contributed by atoms with Crippen molar-refractivity contribution in [1.29, 1.82) is 0 Å². The molecule has 0 bridgehead atoms. The van der Waals surface area contributed by atoms with Crippen LogP contribution in [0.15, 0.2) is 54.6 Å². The first-order valence-electron chi connectivity index (χ1n) is 10.5. The Hall–Kier alpha value is -2.53. The van der Waals surface area contributed by atoms with Crippen molar-refractivity contribution in [1.82, 2.24) is 4.90 Å². The SMILES string of the molecule is CCOC(=O)C1CCCN(CCCOc2ccc(OCc3ccccc3)cc2)C1. The van der Waals surface area contributed by atoms with E-state index < -0.39 is 0 Å². The second kappa shape index (κ2) is 11.5. The molecule has 156 valence electrons. The molecule has 2 aromatic rings. The van der Waals surface area contributed by atoms with Crippen LogP contribution < -0.4 is 9.47 Å². The van der Waals surface area contributed by atoms with Crippen molar-refractivity contribution in [2.75, 3.05) is 32.8 Å². The van der Waals surface area contributed by atoms with Gasteiger partial charge < -0.3 is 19.1 Å². The molecule has 0 saturated carbocycles. The lowest BCUT2D eigenvalue weighted by molar-refractivity contribution is -0.149. The summed E-state index contributed by atoms with van der Waals surface area (Å²) in [6, 6.07) is 17.9. The number of likely N-dealkylation sites (tertiary alicyclic amines) is 1. The lowest BCUT2D eigenvalue weighted by atomic mass is 9.98. The minimum Gasteiger partial charge on any atom is -0.494 e. The van der Waals surface area contributed by atoms with Gasteiger partial charge >= 0.3 is 5.97 Å². The molecule has 0 aromatic heterocycles. The molecule has 0 radical (unpaired) electrons. The number of carbonyl (C=O) groups excluding carboxylic acids is 1. The first-order chi connectivity index (χ1) is 14.2. The molecule has 1 aliphatic heterocycles. The lowest BCUT2D eigenvalue weighted by Crippen LogP contribution is -2.40. The van der Waals surface area contributed by atoms with Gasteiger partial charge in [-0.1, -0.05) is 30.3 Å². The van der Waals surface area contributed by atoms with Crippen molar-refractivity contribution >= 4 is 5.97 Å². The molecule has 3 rings (SSSR count). The van der Waals surface area contributed by atoms with E-state index in [0.29, 0.717) is 19.8 Å². The summed E-state index contributed by atoms with van der Waals surface area (Å²) < 4.78 is 16.8. The van der Waals surface area contributed by atoms with Gasteiger partial charge in [-0.15, -0.1) is 0 Å². The Bertz CT molecular complexity index is 732. The zero-order valence-electron chi connectivity index (χ0n) is 17.2. The number of ether oxygens (including phenoxy) is 3. The van der Waals surface area contributed by atoms with Crippen molar-refractivity contribution in [2.45, 2.75) is 32.8 Å². The maximum atomic E-state index is 11.9. The number of benzene rings is 2. The Labute approximate surface area is 173 Å². The van der Waals surface area contributed by atoms with Crippen molar-refractivity contribution < 1.29 is 19.0 Å². The molecule has 2 aromatic carbocycles. The summed E-state index contributed by atoms with van der Waals surface area (Å²) in [4.78, 5) is 14.3. The smallest absolute Gasteiger partial charge is 0.310 e. The van der Waals surface area contributed by atoms with Crippen LogP contribution in [0.5, 0.6) is 11.5 Å². The maximum absolute atomic E-state index is 11.9. The zero-order valence-corrected chi connectivity index (χ0v) is 17.2. The molecular formula is C24H31NO4. The molecule has 1 saturated heterocycles. The third kappa shape index (κ3) is 7.09. The van der Waals surface area contributed by atoms with Gasteiger partial charge in [0.25, 0.3) is 0 Å². The van der Waals surface area contributed by atoms with Gasteiger partial charge in [0.05, 0.1) is 19.1 Å². The molecule has 1 atom stereocenters. The van der Waals surface area contributed by atoms with Crippen molar-refractivity contribution in [3.63, 3.8) is 0 Å². The summed E-state index contributed by atoms with van der Waals surface area (Å²) >= 11 is 0. The first-order valence-corrected chi connectivity index (χ1v) is 10.5. The second-order valence-electron chi connectivity index (χ2n) is 7.34. The molecule has 1 unspecified atom stereocenters. The van der Waals surface area contributed by atoms with E-state index in [1.807, 2.05) is 49.4 Å². The van der Waals surface area contributed by atoms with Crippen LogP contribution in [0.1, 0.15) is 31.7 Å². The molecule has 1 fully saturated rings. The molecule has 5 heteroatoms. The van der Waals surface area contributed by atoms with Gasteiger partial charge in [-0.05, 0) is 62.6 Å². The van der Waals surface area contributed by atoms with Gasteiger partial charge in [-0.3, -0.25) is 4.79 Å². The Morgan fingerprint density at radius 1 is 1.03 bits per heavy atom. The summed E-state index contributed by atoms with van der Waals surface area (Å²) in [7, 11) is 0. The molecule has 0 spiro atoms. The Morgan fingerprint density at radius 2 is 1.76 bits per heavy atom. The Balaban J connectivity index is 1.33. The number of esters is 1. The summed E-state index contributed by atoms with van der Waals surface area (Å²) in [6.07, 6.45) is 2.92. The van der Waals surface area contributed by atoms with Crippen LogP contribution in [-0.2, 0) is 16.1 Å². The third-order valence-corrected chi connectivity index (χ3v) is 5.08. The standard InChI is InChI=1S/C24H31NO4/c1-2-27-24(26)21-10-6-15-25(18-21)16-7-17-28-22-11-13-23(14-12-22)29-19-20-8-4-3-5-9-20/h3-5,8-9,11-14,21H,2,6-7,10,15-19H2,1H3. The summed E-state index contributed by atoms with van der Waals surface area (Å²) in [5.74, 6) is 1.65. The normalized spacial score (nSPS) is 16.9. The fourth-order valence-electron chi connectivity index (χ4n) is 3.56. The minimum atomic E-state index is -0.0528. The van der Waals surface area contributed by atoms with Gasteiger partial charge in [-0.25, -0.2) is 0 Å². The van der Waals surface area contributed by atoms with E-state index in [9.17, 15) is 4.79 Å². The van der Waals surface area contributed by atoms with E-state index in [2.05, 4.69) is 17.0 Å². The lowest BCUT2D eigenvalue weighted by Gasteiger charge is -2.31. The summed E-state index contributed by atoms with van der Waals surface area (Å²) in [5.41, 5.74) is 1.15. The van der Waals surface area contributed by atoms with Gasteiger partial charge in [0.15, 0.2) is 0 Å². The number of rotatable bonds is 10. The largest absolute Gasteiger partial charge is 0.494 e. The average molecular weight is 398 g/mol. The van der Waals surface area contributed by atoms with E-state index in [4.69, 9.17) is 14.2 Å². The van der Waals surface area contributed by atoms with E-state index in [1.54, 1.807) is 0 Å². The Kier molecular flexibility index (Phi) is 8.38. The predicted molar refractivity (Wildman–Crippen MR) is 113 cm³/mol. The number of hydrogen-bond donors (Lipinski definition) is 0. The van der Waals surface area contributed by atoms with E-state index in [-0.39, 0.29) is 11.9 Å². The van der Waals surface area contributed by atoms with Crippen LogP contribution in [-0.4, -0.2) is 43.7 Å². The summed E-state index contributed by atoms with van der Waals surface area (Å²) in [5, 5.41) is 0. The Morgan fingerprint density at radius 3 is 2.48 bits per heavy atom. The molecule has 1 heterocycles. The van der Waals surface area contributed by atoms with Gasteiger partial charge in [0.1, 0.15) is 18.1 Å². The van der Waals surface area contributed by atoms with E-state index in [1.165, 1.54) is 0 Å². The first kappa shape index (κ1) is 21.2. The molecule has 5 nitrogen and oxygen atoms in total. The van der Waals surface area contributed by atoms with Crippen LogP contribution in [0.4, 0.5) is 0 Å². The second-order valence-corrected chi connectivity index (χ2v) is 7.34. The minimum absolute atomic E-state index is 0.0213. The predicted octanol–water partition coefficient (Wildman–Crippen LogP) is 4.31. The molecule has 1 aliphatic rings. The topological polar surface area (TPSA) is 48.0 Å². The monoisotopic (exact) mass is 397 g/mol. The number of carbonyl (C=O) groups is 1. The highest BCUT2D eigenvalue weighted by molar-refractivity contribution is 5.72. The van der Waals surface area contributed by atoms with E-state index in [0.717, 1.165) is 56.0 Å². The highest BCUT2D eigenvalue weighted by atomic mass is 16.5. The molecule has 0 N–H and O–H groups in total. The average Bonchev–Trinajstić information content (AvgIpc) is 2.77.